The number of nitrogens with zero attached hydrogens (tertiary/aromatic N) is 1. The van der Waals surface area contributed by atoms with Gasteiger partial charge in [-0.15, -0.1) is 0 Å². The highest BCUT2D eigenvalue weighted by molar-refractivity contribution is 5.61. The van der Waals surface area contributed by atoms with Gasteiger partial charge in [0.05, 0.1) is 5.69 Å². The van der Waals surface area contributed by atoms with Crippen LogP contribution in [0.5, 0.6) is 5.75 Å². The van der Waals surface area contributed by atoms with Gasteiger partial charge in [-0.2, -0.15) is 0 Å². The molecule has 0 radical (unpaired) electrons. The number of aromatic hydroxyl groups is 1. The molecule has 0 saturated heterocycles. The normalized spacial score (nSPS) is 11.5. The molecule has 0 aliphatic carbocycles. The van der Waals surface area contributed by atoms with Crippen molar-refractivity contribution >= 4 is 5.69 Å². The van der Waals surface area contributed by atoms with E-state index in [0.29, 0.717) is 5.75 Å². The molecule has 1 aromatic carbocycles. The van der Waals surface area contributed by atoms with Crippen molar-refractivity contribution in [2.75, 3.05) is 19.0 Å². The van der Waals surface area contributed by atoms with Gasteiger partial charge in [-0.25, -0.2) is 0 Å². The first-order valence-electron chi connectivity index (χ1n) is 4.84. The summed E-state index contributed by atoms with van der Waals surface area (Å²) in [6.45, 7) is 6.30. The third-order valence-electron chi connectivity index (χ3n) is 2.30. The lowest BCUT2D eigenvalue weighted by atomic mass is 9.86. The maximum atomic E-state index is 10.1. The Kier molecular flexibility index (Phi) is 2.74. The van der Waals surface area contributed by atoms with E-state index in [-0.39, 0.29) is 5.41 Å². The molecule has 0 aromatic heterocycles. The molecule has 0 fully saturated rings. The predicted octanol–water partition coefficient (Wildman–Crippen LogP) is 2.76. The van der Waals surface area contributed by atoms with Crippen LogP contribution in [0.15, 0.2) is 18.2 Å². The number of phenolic OH excluding ortho intramolecular Hbond substituents is 1. The van der Waals surface area contributed by atoms with Crippen LogP contribution in [0.25, 0.3) is 0 Å². The molecule has 78 valence electrons. The SMILES string of the molecule is CN(C)c1cccc(C(C)(C)C)c1O. The van der Waals surface area contributed by atoms with Crippen molar-refractivity contribution in [2.45, 2.75) is 26.2 Å². The molecule has 0 atom stereocenters. The molecule has 0 saturated carbocycles. The van der Waals surface area contributed by atoms with Crippen molar-refractivity contribution in [2.24, 2.45) is 0 Å². The molecule has 0 unspecified atom stereocenters. The minimum Gasteiger partial charge on any atom is -0.505 e. The molecule has 0 bridgehead atoms. The van der Waals surface area contributed by atoms with Crippen molar-refractivity contribution in [3.8, 4) is 5.75 Å². The molecule has 0 heterocycles. The fourth-order valence-electron chi connectivity index (χ4n) is 1.50. The van der Waals surface area contributed by atoms with Crippen LogP contribution >= 0.6 is 0 Å². The van der Waals surface area contributed by atoms with Crippen molar-refractivity contribution in [3.63, 3.8) is 0 Å². The molecule has 0 aliphatic rings. The van der Waals surface area contributed by atoms with Gasteiger partial charge in [0, 0.05) is 19.7 Å². The Hall–Kier alpha value is -1.18. The van der Waals surface area contributed by atoms with E-state index < -0.39 is 0 Å². The quantitative estimate of drug-likeness (QED) is 0.741. The zero-order valence-corrected chi connectivity index (χ0v) is 9.63. The molecule has 0 spiro atoms. The summed E-state index contributed by atoms with van der Waals surface area (Å²) in [5, 5.41) is 10.1. The number of rotatable bonds is 1. The summed E-state index contributed by atoms with van der Waals surface area (Å²) in [7, 11) is 3.86. The second-order valence-electron chi connectivity index (χ2n) is 4.82. The van der Waals surface area contributed by atoms with E-state index in [1.807, 2.05) is 37.2 Å². The van der Waals surface area contributed by atoms with Crippen molar-refractivity contribution < 1.29 is 5.11 Å². The maximum absolute atomic E-state index is 10.1. The van der Waals surface area contributed by atoms with Crippen LogP contribution in [0.2, 0.25) is 0 Å². The third kappa shape index (κ3) is 2.00. The lowest BCUT2D eigenvalue weighted by Gasteiger charge is -2.24. The van der Waals surface area contributed by atoms with Crippen LogP contribution in [0.4, 0.5) is 5.69 Å². The monoisotopic (exact) mass is 193 g/mol. The summed E-state index contributed by atoms with van der Waals surface area (Å²) in [6.07, 6.45) is 0. The maximum Gasteiger partial charge on any atom is 0.142 e. The van der Waals surface area contributed by atoms with Crippen LogP contribution in [-0.4, -0.2) is 19.2 Å². The summed E-state index contributed by atoms with van der Waals surface area (Å²) >= 11 is 0. The average molecular weight is 193 g/mol. The first-order chi connectivity index (χ1) is 6.34. The van der Waals surface area contributed by atoms with Gasteiger partial charge >= 0.3 is 0 Å². The molecular weight excluding hydrogens is 174 g/mol. The van der Waals surface area contributed by atoms with E-state index in [1.54, 1.807) is 0 Å². The van der Waals surface area contributed by atoms with Crippen molar-refractivity contribution in [1.29, 1.82) is 0 Å². The number of benzene rings is 1. The molecule has 1 aromatic rings. The van der Waals surface area contributed by atoms with Crippen molar-refractivity contribution in [1.82, 2.24) is 0 Å². The second-order valence-corrected chi connectivity index (χ2v) is 4.82. The summed E-state index contributed by atoms with van der Waals surface area (Å²) < 4.78 is 0. The lowest BCUT2D eigenvalue weighted by Crippen LogP contribution is -2.14. The molecule has 2 nitrogen and oxygen atoms in total. The number of phenols is 1. The summed E-state index contributed by atoms with van der Waals surface area (Å²) in [5.74, 6) is 0.394. The Morgan fingerprint density at radius 2 is 1.71 bits per heavy atom. The van der Waals surface area contributed by atoms with E-state index in [0.717, 1.165) is 11.3 Å². The summed E-state index contributed by atoms with van der Waals surface area (Å²) in [4.78, 5) is 1.92. The molecule has 2 heteroatoms. The average Bonchev–Trinajstić information content (AvgIpc) is 2.01. The zero-order valence-electron chi connectivity index (χ0n) is 9.63. The molecular formula is C12H19NO. The van der Waals surface area contributed by atoms with Gasteiger partial charge in [0.25, 0.3) is 0 Å². The third-order valence-corrected chi connectivity index (χ3v) is 2.30. The highest BCUT2D eigenvalue weighted by atomic mass is 16.3. The van der Waals surface area contributed by atoms with Crippen LogP contribution in [0.1, 0.15) is 26.3 Å². The minimum absolute atomic E-state index is 0.0178. The van der Waals surface area contributed by atoms with Crippen LogP contribution in [0, 0.1) is 0 Å². The second kappa shape index (κ2) is 3.52. The molecule has 1 rings (SSSR count). The van der Waals surface area contributed by atoms with Crippen LogP contribution in [-0.2, 0) is 5.41 Å². The highest BCUT2D eigenvalue weighted by Crippen LogP contribution is 2.36. The Labute approximate surface area is 86.2 Å². The number of para-hydroxylation sites is 1. The first kappa shape index (κ1) is 10.9. The summed E-state index contributed by atoms with van der Waals surface area (Å²) in [6, 6.07) is 5.88. The van der Waals surface area contributed by atoms with Crippen molar-refractivity contribution in [3.05, 3.63) is 23.8 Å². The van der Waals surface area contributed by atoms with Gasteiger partial charge in [-0.1, -0.05) is 32.9 Å². The summed E-state index contributed by atoms with van der Waals surface area (Å²) in [5.41, 5.74) is 1.84. The largest absolute Gasteiger partial charge is 0.505 e. The first-order valence-corrected chi connectivity index (χ1v) is 4.84. The molecule has 1 N–H and O–H groups in total. The number of hydrogen-bond acceptors (Lipinski definition) is 2. The van der Waals surface area contributed by atoms with Gasteiger partial charge in [0.2, 0.25) is 0 Å². The molecule has 0 aliphatic heterocycles. The van der Waals surface area contributed by atoms with E-state index in [9.17, 15) is 5.11 Å². The lowest BCUT2D eigenvalue weighted by molar-refractivity contribution is 0.447. The fraction of sp³-hybridized carbons (Fsp3) is 0.500. The van der Waals surface area contributed by atoms with Crippen LogP contribution in [0.3, 0.4) is 0 Å². The fourth-order valence-corrected chi connectivity index (χ4v) is 1.50. The Morgan fingerprint density at radius 3 is 2.14 bits per heavy atom. The predicted molar refractivity (Wildman–Crippen MR) is 61.1 cm³/mol. The van der Waals surface area contributed by atoms with E-state index >= 15 is 0 Å². The van der Waals surface area contributed by atoms with Gasteiger partial charge in [0.1, 0.15) is 5.75 Å². The standard InChI is InChI=1S/C12H19NO/c1-12(2,3)9-7-6-8-10(11(9)14)13(4)5/h6-8,14H,1-5H3. The number of anilines is 1. The van der Waals surface area contributed by atoms with Gasteiger partial charge < -0.3 is 10.0 Å². The molecule has 0 amide bonds. The minimum atomic E-state index is -0.0178. The topological polar surface area (TPSA) is 23.5 Å². The Balaban J connectivity index is 3.28. The van der Waals surface area contributed by atoms with Gasteiger partial charge in [-0.3, -0.25) is 0 Å². The van der Waals surface area contributed by atoms with E-state index in [4.69, 9.17) is 0 Å². The smallest absolute Gasteiger partial charge is 0.142 e. The van der Waals surface area contributed by atoms with Gasteiger partial charge in [0.15, 0.2) is 0 Å². The van der Waals surface area contributed by atoms with E-state index in [2.05, 4.69) is 20.8 Å². The van der Waals surface area contributed by atoms with Gasteiger partial charge in [-0.05, 0) is 11.5 Å². The Morgan fingerprint density at radius 1 is 1.14 bits per heavy atom. The van der Waals surface area contributed by atoms with E-state index in [1.165, 1.54) is 0 Å². The highest BCUT2D eigenvalue weighted by Gasteiger charge is 2.19. The number of hydrogen-bond donors (Lipinski definition) is 1. The zero-order chi connectivity index (χ0) is 10.9. The van der Waals surface area contributed by atoms with Crippen LogP contribution < -0.4 is 4.90 Å². The Bertz CT molecular complexity index is 324. The molecule has 14 heavy (non-hydrogen) atoms.